The Hall–Kier alpha value is -7.58. The van der Waals surface area contributed by atoms with Gasteiger partial charge in [-0.05, 0) is 164 Å². The molecular weight excluding hydrogens is 1070 g/mol. The minimum Gasteiger partial charge on any atom is -0.437 e. The van der Waals surface area contributed by atoms with Crippen LogP contribution in [0.2, 0.25) is 0 Å². The predicted octanol–water partition coefficient (Wildman–Crippen LogP) is 13.9. The van der Waals surface area contributed by atoms with E-state index >= 15 is 0 Å². The van der Waals surface area contributed by atoms with Crippen LogP contribution in [-0.2, 0) is 20.0 Å². The third kappa shape index (κ3) is 11.9. The van der Waals surface area contributed by atoms with Gasteiger partial charge in [0.2, 0.25) is 43.7 Å². The molecular formula is C61H66F2N10O6S2. The van der Waals surface area contributed by atoms with Crippen LogP contribution in [0.5, 0.6) is 23.3 Å². The van der Waals surface area contributed by atoms with E-state index in [0.29, 0.717) is 120 Å². The van der Waals surface area contributed by atoms with Gasteiger partial charge in [0, 0.05) is 58.4 Å². The molecule has 0 amide bonds. The minimum atomic E-state index is -3.56. The molecule has 4 atom stereocenters. The number of hydrogen-bond acceptors (Lipinski definition) is 14. The molecule has 4 aromatic heterocycles. The molecule has 4 aromatic carbocycles. The van der Waals surface area contributed by atoms with Crippen molar-refractivity contribution in [2.24, 2.45) is 0 Å². The summed E-state index contributed by atoms with van der Waals surface area (Å²) < 4.78 is 97.4. The van der Waals surface area contributed by atoms with Gasteiger partial charge in [-0.1, -0.05) is 55.0 Å². The highest BCUT2D eigenvalue weighted by Gasteiger charge is 2.50. The fourth-order valence-corrected chi connectivity index (χ4v) is 13.8. The SMILES string of the molecule is Cc1cc(NS(=O)(=O)C2(C)CC2)c2ccccc2c1Oc1ncccc1-c1ccnc(NC2CCCC(F)C2)n1.Cc1cc(NS(=O)(=O)C2(C)CCC2)c2ccccc2c1Oc1ncccc1-c1ccnc(NC2CCCC(F)C2)n1. The van der Waals surface area contributed by atoms with Crippen molar-refractivity contribution < 1.29 is 35.1 Å². The Bertz CT molecular complexity index is 3870. The van der Waals surface area contributed by atoms with Crippen molar-refractivity contribution in [1.82, 2.24) is 29.9 Å². The Morgan fingerprint density at radius 1 is 0.506 bits per heavy atom. The summed E-state index contributed by atoms with van der Waals surface area (Å²) in [5, 5.41) is 9.58. The zero-order valence-electron chi connectivity index (χ0n) is 45.8. The molecule has 4 unspecified atom stereocenters. The van der Waals surface area contributed by atoms with E-state index < -0.39 is 41.9 Å². The van der Waals surface area contributed by atoms with Crippen LogP contribution >= 0.6 is 0 Å². The van der Waals surface area contributed by atoms with Gasteiger partial charge < -0.3 is 20.1 Å². The van der Waals surface area contributed by atoms with Crippen LogP contribution in [0.15, 0.2) is 122 Å². The Kier molecular flexibility index (Phi) is 15.5. The summed E-state index contributed by atoms with van der Waals surface area (Å²) in [4.78, 5) is 27.1. The molecule has 4 aliphatic carbocycles. The number of nitrogens with zero attached hydrogens (tertiary/aromatic N) is 6. The monoisotopic (exact) mass is 1140 g/mol. The van der Waals surface area contributed by atoms with Crippen molar-refractivity contribution >= 4 is 64.9 Å². The first-order valence-corrected chi connectivity index (χ1v) is 30.7. The van der Waals surface area contributed by atoms with E-state index in [0.717, 1.165) is 64.8 Å². The number of fused-ring (bicyclic) bond motifs is 2. The molecule has 0 radical (unpaired) electrons. The van der Waals surface area contributed by atoms with Gasteiger partial charge in [-0.25, -0.2) is 55.5 Å². The number of aromatic nitrogens is 6. The van der Waals surface area contributed by atoms with Crippen LogP contribution in [-0.4, -0.2) is 80.7 Å². The molecule has 4 saturated carbocycles. The number of ether oxygens (including phenoxy) is 2. The molecule has 12 rings (SSSR count). The lowest BCUT2D eigenvalue weighted by Crippen LogP contribution is -2.45. The van der Waals surface area contributed by atoms with Crippen molar-refractivity contribution in [1.29, 1.82) is 0 Å². The first-order chi connectivity index (χ1) is 38.9. The van der Waals surface area contributed by atoms with Crippen LogP contribution in [0.4, 0.5) is 32.1 Å². The molecule has 422 valence electrons. The van der Waals surface area contributed by atoms with Crippen molar-refractivity contribution in [3.8, 4) is 45.8 Å². The molecule has 4 N–H and O–H groups in total. The van der Waals surface area contributed by atoms with Crippen LogP contribution < -0.4 is 29.6 Å². The fourth-order valence-electron chi connectivity index (χ4n) is 10.9. The minimum absolute atomic E-state index is 0.00364. The van der Waals surface area contributed by atoms with E-state index in [2.05, 4.69) is 40.0 Å². The zero-order chi connectivity index (χ0) is 56.5. The maximum Gasteiger partial charge on any atom is 0.238 e. The number of sulfonamides is 2. The third-order valence-electron chi connectivity index (χ3n) is 16.2. The summed E-state index contributed by atoms with van der Waals surface area (Å²) in [6.07, 6.45) is 14.1. The molecule has 16 nitrogen and oxygen atoms in total. The van der Waals surface area contributed by atoms with Crippen molar-refractivity contribution in [3.05, 3.63) is 133 Å². The number of pyridine rings is 2. The van der Waals surface area contributed by atoms with Crippen molar-refractivity contribution in [2.45, 2.75) is 145 Å². The summed E-state index contributed by atoms with van der Waals surface area (Å²) in [7, 11) is -7.09. The van der Waals surface area contributed by atoms with Crippen molar-refractivity contribution in [2.75, 3.05) is 20.1 Å². The summed E-state index contributed by atoms with van der Waals surface area (Å²) >= 11 is 0. The molecule has 4 heterocycles. The summed E-state index contributed by atoms with van der Waals surface area (Å²) in [5.74, 6) is 2.77. The zero-order valence-corrected chi connectivity index (χ0v) is 47.4. The van der Waals surface area contributed by atoms with Gasteiger partial charge in [-0.2, -0.15) is 0 Å². The number of alkyl halides is 2. The predicted molar refractivity (Wildman–Crippen MR) is 315 cm³/mol. The summed E-state index contributed by atoms with van der Waals surface area (Å²) in [5.41, 5.74) is 5.18. The Balaban J connectivity index is 0.000000170. The number of benzene rings is 4. The highest BCUT2D eigenvalue weighted by molar-refractivity contribution is 7.94. The van der Waals surface area contributed by atoms with E-state index in [9.17, 15) is 25.6 Å². The van der Waals surface area contributed by atoms with Gasteiger partial charge in [0.15, 0.2) is 0 Å². The number of anilines is 4. The van der Waals surface area contributed by atoms with Gasteiger partial charge in [-0.3, -0.25) is 9.44 Å². The van der Waals surface area contributed by atoms with Crippen LogP contribution in [0, 0.1) is 13.8 Å². The van der Waals surface area contributed by atoms with Gasteiger partial charge in [-0.15, -0.1) is 0 Å². The second-order valence-corrected chi connectivity index (χ2v) is 26.7. The number of rotatable bonds is 16. The highest BCUT2D eigenvalue weighted by atomic mass is 32.2. The number of nitrogens with one attached hydrogen (secondary N) is 4. The normalized spacial score (nSPS) is 20.2. The summed E-state index contributed by atoms with van der Waals surface area (Å²) in [6.45, 7) is 7.35. The third-order valence-corrected chi connectivity index (χ3v) is 20.6. The first kappa shape index (κ1) is 55.3. The molecule has 0 saturated heterocycles. The molecule has 4 aliphatic rings. The van der Waals surface area contributed by atoms with E-state index in [1.165, 1.54) is 0 Å². The van der Waals surface area contributed by atoms with E-state index in [1.54, 1.807) is 56.8 Å². The maximum atomic E-state index is 13.9. The number of hydrogen-bond donors (Lipinski definition) is 4. The Morgan fingerprint density at radius 3 is 1.32 bits per heavy atom. The second kappa shape index (κ2) is 22.8. The van der Waals surface area contributed by atoms with Crippen LogP contribution in [0.25, 0.3) is 44.1 Å². The summed E-state index contributed by atoms with van der Waals surface area (Å²) in [6, 6.07) is 29.7. The quantitative estimate of drug-likeness (QED) is 0.0709. The van der Waals surface area contributed by atoms with Crippen LogP contribution in [0.1, 0.15) is 108 Å². The molecule has 20 heteroatoms. The van der Waals surface area contributed by atoms with E-state index in [4.69, 9.17) is 19.4 Å². The fraction of sp³-hybridized carbons (Fsp3) is 0.377. The average molecular weight is 1140 g/mol. The first-order valence-electron chi connectivity index (χ1n) is 27.8. The topological polar surface area (TPSA) is 212 Å². The molecule has 4 fully saturated rings. The van der Waals surface area contributed by atoms with Crippen LogP contribution in [0.3, 0.4) is 0 Å². The highest BCUT2D eigenvalue weighted by Crippen LogP contribution is 2.47. The molecule has 0 bridgehead atoms. The molecule has 8 aromatic rings. The molecule has 0 spiro atoms. The largest absolute Gasteiger partial charge is 0.437 e. The molecule has 0 aliphatic heterocycles. The lowest BCUT2D eigenvalue weighted by Gasteiger charge is -2.37. The van der Waals surface area contributed by atoms with Gasteiger partial charge in [0.25, 0.3) is 0 Å². The number of aryl methyl sites for hydroxylation is 2. The standard InChI is InChI=1S/C31H34FN5O3S.C30H32FN5O3S/c1-20-18-27(37-41(38,39)31(2)14-7-15-31)23-10-3-4-11-24(23)28(20)40-29-25(12-6-16-33-29)26-13-17-34-30(36-26)35-22-9-5-8-21(32)19-22;1-19-17-26(36-40(37,38)30(2)13-14-30)22-9-3-4-10-23(22)27(19)39-28-24(11-6-15-32-28)25-12-16-33-29(35-25)34-21-8-5-7-20(31)18-21/h3-4,6,10-13,16-18,21-22,37H,5,7-9,14-15,19H2,1-2H3,(H,34,35,36);3-4,6,9-12,15-17,20-21,36H,5,7-8,13-14,18H2,1-2H3,(H,33,34,35). The smallest absolute Gasteiger partial charge is 0.238 e. The van der Waals surface area contributed by atoms with E-state index in [-0.39, 0.29) is 12.1 Å². The van der Waals surface area contributed by atoms with Gasteiger partial charge in [0.05, 0.1) is 43.4 Å². The maximum absolute atomic E-state index is 13.9. The van der Waals surface area contributed by atoms with Gasteiger partial charge >= 0.3 is 0 Å². The van der Waals surface area contributed by atoms with Gasteiger partial charge in [0.1, 0.15) is 23.8 Å². The molecule has 81 heavy (non-hydrogen) atoms. The average Bonchev–Trinajstić information content (AvgIpc) is 4.31. The second-order valence-electron chi connectivity index (χ2n) is 22.4. The van der Waals surface area contributed by atoms with E-state index in [1.807, 2.05) is 92.7 Å². The Morgan fingerprint density at radius 2 is 0.926 bits per heavy atom. The lowest BCUT2D eigenvalue weighted by atomic mass is 9.86. The Labute approximate surface area is 471 Å². The number of halogens is 2. The van der Waals surface area contributed by atoms with Crippen molar-refractivity contribution in [3.63, 3.8) is 0 Å². The lowest BCUT2D eigenvalue weighted by molar-refractivity contribution is 0.239.